The van der Waals surface area contributed by atoms with Crippen LogP contribution in [0.4, 0.5) is 0 Å². The maximum Gasteiger partial charge on any atom is 0.192 e. The summed E-state index contributed by atoms with van der Waals surface area (Å²) in [4.78, 5) is 12.3. The fourth-order valence-corrected chi connectivity index (χ4v) is 9.59. The molecule has 0 aliphatic rings. The van der Waals surface area contributed by atoms with Crippen molar-refractivity contribution in [1.29, 1.82) is 0 Å². The molecule has 3 N–H and O–H groups in total. The van der Waals surface area contributed by atoms with Crippen LogP contribution in [0.15, 0.2) is 182 Å². The Bertz CT molecular complexity index is 2070. The van der Waals surface area contributed by atoms with Gasteiger partial charge < -0.3 is 18.8 Å². The van der Waals surface area contributed by atoms with Crippen LogP contribution in [0.2, 0.25) is 36.3 Å². The Morgan fingerprint density at radius 3 is 0.938 bits per heavy atom. The number of hydrogen-bond donors (Lipinski definition) is 3. The molecular formula is C56H72N2O4Si2. The molecule has 0 amide bonds. The van der Waals surface area contributed by atoms with Crippen LogP contribution in [0.1, 0.15) is 74.9 Å². The zero-order valence-corrected chi connectivity index (χ0v) is 41.8. The molecule has 338 valence electrons. The normalized spacial score (nSPS) is 13.6. The molecule has 6 aromatic rings. The number of nitrogens with one attached hydrogen (secondary N) is 2. The summed E-state index contributed by atoms with van der Waals surface area (Å²) in [5.41, 5.74) is 5.32. The lowest BCUT2D eigenvalue weighted by Gasteiger charge is -2.42. The highest BCUT2D eigenvalue weighted by Gasteiger charge is 2.42. The lowest BCUT2D eigenvalue weighted by atomic mass is 9.76. The minimum Gasteiger partial charge on any atom is -0.415 e. The van der Waals surface area contributed by atoms with Crippen LogP contribution >= 0.6 is 0 Å². The van der Waals surface area contributed by atoms with Gasteiger partial charge in [0.1, 0.15) is 6.29 Å². The number of hydrogen-bond acceptors (Lipinski definition) is 6. The van der Waals surface area contributed by atoms with Gasteiger partial charge >= 0.3 is 0 Å². The van der Waals surface area contributed by atoms with Crippen molar-refractivity contribution in [1.82, 2.24) is 10.6 Å². The zero-order valence-electron chi connectivity index (χ0n) is 39.8. The van der Waals surface area contributed by atoms with E-state index in [0.717, 1.165) is 39.7 Å². The summed E-state index contributed by atoms with van der Waals surface area (Å²) in [6.45, 7) is 23.1. The average Bonchev–Trinajstić information content (AvgIpc) is 3.30. The predicted molar refractivity (Wildman–Crippen MR) is 272 cm³/mol. The standard InChI is InChI=1S/C28H37NO2Si.C28H35NO2Si/c2*1-27(2,3)32(4,5)31-22-26(21-30)29-28(23-15-9-6-10-16-23,24-17-11-7-12-18-24)25-19-13-8-14-20-25/h6-20,26,29-30H,21-22H2,1-5H3;6-21,26,29H,22H2,1-5H3/t2*26-/m11/s1. The summed E-state index contributed by atoms with van der Waals surface area (Å²) in [5.74, 6) is 0. The van der Waals surface area contributed by atoms with E-state index in [0.29, 0.717) is 13.2 Å². The number of carbonyl (C=O) groups excluding carboxylic acids is 1. The molecule has 0 heterocycles. The third kappa shape index (κ3) is 11.9. The van der Waals surface area contributed by atoms with Crippen molar-refractivity contribution >= 4 is 22.9 Å². The van der Waals surface area contributed by atoms with Gasteiger partial charge in [0.05, 0.1) is 43.0 Å². The van der Waals surface area contributed by atoms with E-state index >= 15 is 0 Å². The Hall–Kier alpha value is -4.78. The topological polar surface area (TPSA) is 79.8 Å². The first-order valence-corrected chi connectivity index (χ1v) is 28.5. The molecule has 0 bridgehead atoms. The predicted octanol–water partition coefficient (Wildman–Crippen LogP) is 12.1. The minimum absolute atomic E-state index is 0.0110. The first-order valence-electron chi connectivity index (χ1n) is 22.6. The summed E-state index contributed by atoms with van der Waals surface area (Å²) >= 11 is 0. The third-order valence-electron chi connectivity index (χ3n) is 13.3. The van der Waals surface area contributed by atoms with E-state index in [1.807, 2.05) is 72.8 Å². The van der Waals surface area contributed by atoms with E-state index in [4.69, 9.17) is 8.85 Å². The molecule has 0 aromatic heterocycles. The van der Waals surface area contributed by atoms with Gasteiger partial charge in [0.25, 0.3) is 0 Å². The van der Waals surface area contributed by atoms with Gasteiger partial charge in [-0.3, -0.25) is 10.6 Å². The summed E-state index contributed by atoms with van der Waals surface area (Å²) in [7, 11) is -3.94. The van der Waals surface area contributed by atoms with Crippen LogP contribution < -0.4 is 10.6 Å². The molecule has 64 heavy (non-hydrogen) atoms. The van der Waals surface area contributed by atoms with Crippen molar-refractivity contribution in [2.75, 3.05) is 19.8 Å². The molecule has 0 radical (unpaired) electrons. The molecule has 0 spiro atoms. The Kier molecular flexibility index (Phi) is 17.2. The van der Waals surface area contributed by atoms with Gasteiger partial charge in [-0.1, -0.05) is 224 Å². The van der Waals surface area contributed by atoms with Gasteiger partial charge in [0, 0.05) is 0 Å². The third-order valence-corrected chi connectivity index (χ3v) is 22.3. The molecule has 0 aliphatic carbocycles. The second-order valence-electron chi connectivity index (χ2n) is 19.7. The summed E-state index contributed by atoms with van der Waals surface area (Å²) in [6, 6.07) is 61.7. The van der Waals surface area contributed by atoms with Crippen LogP contribution in [0.3, 0.4) is 0 Å². The van der Waals surface area contributed by atoms with Crippen LogP contribution in [0, 0.1) is 0 Å². The zero-order chi connectivity index (χ0) is 46.5. The fraction of sp³-hybridized carbons (Fsp3) is 0.339. The monoisotopic (exact) mass is 893 g/mol. The largest absolute Gasteiger partial charge is 0.415 e. The van der Waals surface area contributed by atoms with Crippen molar-refractivity contribution in [2.24, 2.45) is 0 Å². The molecule has 0 saturated carbocycles. The van der Waals surface area contributed by atoms with E-state index < -0.39 is 33.8 Å². The summed E-state index contributed by atoms with van der Waals surface area (Å²) in [6.07, 6.45) is 0.983. The van der Waals surface area contributed by atoms with E-state index in [2.05, 4.69) is 188 Å². The Labute approximate surface area is 386 Å². The van der Waals surface area contributed by atoms with E-state index in [9.17, 15) is 9.90 Å². The maximum atomic E-state index is 12.3. The smallest absolute Gasteiger partial charge is 0.192 e. The molecule has 6 nitrogen and oxygen atoms in total. The lowest BCUT2D eigenvalue weighted by Crippen LogP contribution is -2.54. The lowest BCUT2D eigenvalue weighted by molar-refractivity contribution is -0.110. The molecule has 0 unspecified atom stereocenters. The van der Waals surface area contributed by atoms with Gasteiger partial charge in [-0.05, 0) is 69.6 Å². The van der Waals surface area contributed by atoms with Gasteiger partial charge in [0.15, 0.2) is 16.6 Å². The molecule has 6 rings (SSSR count). The molecular weight excluding hydrogens is 821 g/mol. The van der Waals surface area contributed by atoms with E-state index in [-0.39, 0.29) is 22.7 Å². The number of carbonyl (C=O) groups is 1. The highest BCUT2D eigenvalue weighted by molar-refractivity contribution is 6.74. The number of aldehydes is 1. The van der Waals surface area contributed by atoms with Crippen molar-refractivity contribution in [3.8, 4) is 0 Å². The number of aliphatic hydroxyl groups excluding tert-OH is 1. The SMILES string of the molecule is CC(C)(C)[Si](C)(C)OC[C@@H](C=O)NC(c1ccccc1)(c1ccccc1)c1ccccc1.CC(C)(C)[Si](C)(C)OC[C@@H](CO)NC(c1ccccc1)(c1ccccc1)c1ccccc1. The second-order valence-corrected chi connectivity index (χ2v) is 29.4. The van der Waals surface area contributed by atoms with E-state index in [1.165, 1.54) is 0 Å². The molecule has 0 fully saturated rings. The molecule has 2 atom stereocenters. The van der Waals surface area contributed by atoms with Gasteiger partial charge in [0.2, 0.25) is 0 Å². The van der Waals surface area contributed by atoms with Gasteiger partial charge in [-0.25, -0.2) is 0 Å². The summed E-state index contributed by atoms with van der Waals surface area (Å²) in [5, 5.41) is 18.2. The van der Waals surface area contributed by atoms with Gasteiger partial charge in [-0.2, -0.15) is 0 Å². The Balaban J connectivity index is 0.000000241. The summed E-state index contributed by atoms with van der Waals surface area (Å²) < 4.78 is 13.0. The van der Waals surface area contributed by atoms with Gasteiger partial charge in [-0.15, -0.1) is 0 Å². The van der Waals surface area contributed by atoms with E-state index in [1.54, 1.807) is 0 Å². The molecule has 6 aromatic carbocycles. The van der Waals surface area contributed by atoms with Crippen molar-refractivity contribution in [3.05, 3.63) is 215 Å². The number of benzene rings is 6. The Morgan fingerprint density at radius 2 is 0.703 bits per heavy atom. The minimum atomic E-state index is -2.00. The average molecular weight is 893 g/mol. The molecule has 0 saturated heterocycles. The van der Waals surface area contributed by atoms with Crippen LogP contribution in [0.5, 0.6) is 0 Å². The van der Waals surface area contributed by atoms with Crippen LogP contribution in [0.25, 0.3) is 0 Å². The first-order chi connectivity index (χ1) is 30.4. The molecule has 0 aliphatic heterocycles. The molecule has 8 heteroatoms. The maximum absolute atomic E-state index is 12.3. The number of rotatable bonds is 18. The Morgan fingerprint density at radius 1 is 0.453 bits per heavy atom. The van der Waals surface area contributed by atoms with Crippen molar-refractivity contribution < 1.29 is 18.8 Å². The van der Waals surface area contributed by atoms with Crippen LogP contribution in [-0.2, 0) is 24.7 Å². The second kappa shape index (κ2) is 21.9. The van der Waals surface area contributed by atoms with Crippen LogP contribution in [-0.4, -0.2) is 59.9 Å². The number of aliphatic hydroxyl groups is 1. The highest BCUT2D eigenvalue weighted by atomic mass is 28.4. The highest BCUT2D eigenvalue weighted by Crippen LogP contribution is 2.41. The first kappa shape index (κ1) is 50.2. The van der Waals surface area contributed by atoms with Crippen molar-refractivity contribution in [2.45, 2.75) is 101 Å². The quantitative estimate of drug-likeness (QED) is 0.0453. The fourth-order valence-electron chi connectivity index (χ4n) is 7.51. The van der Waals surface area contributed by atoms with Crippen molar-refractivity contribution in [3.63, 3.8) is 0 Å².